The minimum absolute atomic E-state index is 0.118. The maximum atomic E-state index is 13.8. The van der Waals surface area contributed by atoms with E-state index in [1.165, 1.54) is 12.1 Å². The van der Waals surface area contributed by atoms with Gasteiger partial charge in [0.1, 0.15) is 10.7 Å². The number of benzene rings is 2. The normalized spacial score (nSPS) is 11.4. The highest BCUT2D eigenvalue weighted by Gasteiger charge is 2.20. The van der Waals surface area contributed by atoms with Gasteiger partial charge in [-0.2, -0.15) is 0 Å². The quantitative estimate of drug-likeness (QED) is 0.716. The first-order valence-corrected chi connectivity index (χ1v) is 8.08. The fourth-order valence-electron chi connectivity index (χ4n) is 1.64. The second-order valence-electron chi connectivity index (χ2n) is 4.26. The summed E-state index contributed by atoms with van der Waals surface area (Å²) in [5.41, 5.74) is 6.60. The van der Waals surface area contributed by atoms with Crippen LogP contribution in [0.4, 0.5) is 15.8 Å². The van der Waals surface area contributed by atoms with Gasteiger partial charge in [0.25, 0.3) is 10.0 Å². The van der Waals surface area contributed by atoms with Crippen LogP contribution in [0.2, 0.25) is 0 Å². The summed E-state index contributed by atoms with van der Waals surface area (Å²) in [5, 5.41) is 8.93. The van der Waals surface area contributed by atoms with Crippen LogP contribution in [-0.4, -0.2) is 13.5 Å². The highest BCUT2D eigenvalue weighted by atomic mass is 79.9. The molecular weight excluding hydrogens is 363 g/mol. The maximum Gasteiger partial charge on any atom is 0.264 e. The number of nitrogen functional groups attached to an aromatic ring is 1. The van der Waals surface area contributed by atoms with Crippen molar-refractivity contribution in [2.45, 2.75) is 11.5 Å². The number of nitrogens with two attached hydrogens (primary N) is 1. The Balaban J connectivity index is 2.35. The van der Waals surface area contributed by atoms with Gasteiger partial charge in [0.15, 0.2) is 0 Å². The number of aliphatic hydroxyl groups is 1. The van der Waals surface area contributed by atoms with Crippen LogP contribution in [0.25, 0.3) is 0 Å². The second kappa shape index (κ2) is 6.00. The lowest BCUT2D eigenvalue weighted by Gasteiger charge is -2.10. The number of sulfonamides is 1. The Hall–Kier alpha value is -1.64. The second-order valence-corrected chi connectivity index (χ2v) is 6.77. The van der Waals surface area contributed by atoms with E-state index in [1.807, 2.05) is 0 Å². The van der Waals surface area contributed by atoms with Crippen molar-refractivity contribution < 1.29 is 17.9 Å². The van der Waals surface area contributed by atoms with Crippen LogP contribution in [0.15, 0.2) is 45.8 Å². The minimum atomic E-state index is -4.09. The van der Waals surface area contributed by atoms with Gasteiger partial charge in [-0.1, -0.05) is 12.1 Å². The van der Waals surface area contributed by atoms with Crippen LogP contribution in [0.1, 0.15) is 5.56 Å². The zero-order valence-corrected chi connectivity index (χ0v) is 13.1. The first-order chi connectivity index (χ1) is 9.83. The van der Waals surface area contributed by atoms with E-state index in [0.29, 0.717) is 5.56 Å². The highest BCUT2D eigenvalue weighted by Crippen LogP contribution is 2.27. The average molecular weight is 375 g/mol. The Morgan fingerprint density at radius 2 is 1.86 bits per heavy atom. The van der Waals surface area contributed by atoms with Crippen LogP contribution in [-0.2, 0) is 16.6 Å². The first-order valence-electron chi connectivity index (χ1n) is 5.80. The van der Waals surface area contributed by atoms with Crippen molar-refractivity contribution in [1.29, 1.82) is 0 Å². The number of aliphatic hydroxyl groups excluding tert-OH is 1. The van der Waals surface area contributed by atoms with Crippen molar-refractivity contribution in [2.24, 2.45) is 0 Å². The van der Waals surface area contributed by atoms with Gasteiger partial charge < -0.3 is 10.8 Å². The van der Waals surface area contributed by atoms with Crippen LogP contribution in [0, 0.1) is 5.82 Å². The molecule has 5 nitrogen and oxygen atoms in total. The molecule has 21 heavy (non-hydrogen) atoms. The van der Waals surface area contributed by atoms with E-state index >= 15 is 0 Å². The number of rotatable bonds is 4. The summed E-state index contributed by atoms with van der Waals surface area (Å²) in [6, 6.07) is 8.11. The fraction of sp³-hybridized carbons (Fsp3) is 0.0769. The van der Waals surface area contributed by atoms with E-state index in [2.05, 4.69) is 20.7 Å². The van der Waals surface area contributed by atoms with Crippen molar-refractivity contribution in [3.63, 3.8) is 0 Å². The van der Waals surface area contributed by atoms with Gasteiger partial charge in [0.2, 0.25) is 0 Å². The van der Waals surface area contributed by atoms with Crippen molar-refractivity contribution in [3.05, 3.63) is 52.3 Å². The lowest BCUT2D eigenvalue weighted by molar-refractivity contribution is 0.282. The van der Waals surface area contributed by atoms with Gasteiger partial charge in [-0.05, 0) is 45.8 Å². The molecule has 0 saturated carbocycles. The van der Waals surface area contributed by atoms with Gasteiger partial charge in [-0.3, -0.25) is 4.72 Å². The smallest absolute Gasteiger partial charge is 0.264 e. The molecule has 0 fully saturated rings. The third kappa shape index (κ3) is 3.52. The van der Waals surface area contributed by atoms with Crippen molar-refractivity contribution in [3.8, 4) is 0 Å². The average Bonchev–Trinajstić information content (AvgIpc) is 2.43. The summed E-state index contributed by atoms with van der Waals surface area (Å²) in [7, 11) is -4.09. The van der Waals surface area contributed by atoms with Gasteiger partial charge in [-0.15, -0.1) is 0 Å². The molecule has 0 unspecified atom stereocenters. The van der Waals surface area contributed by atoms with E-state index in [9.17, 15) is 12.8 Å². The molecular formula is C13H12BrFN2O3S. The minimum Gasteiger partial charge on any atom is -0.398 e. The summed E-state index contributed by atoms with van der Waals surface area (Å²) in [5.74, 6) is -0.907. The molecule has 0 spiro atoms. The van der Waals surface area contributed by atoms with Crippen molar-refractivity contribution >= 4 is 37.3 Å². The zero-order valence-electron chi connectivity index (χ0n) is 10.7. The van der Waals surface area contributed by atoms with Gasteiger partial charge in [0.05, 0.1) is 6.61 Å². The molecule has 0 aliphatic rings. The molecule has 0 aliphatic carbocycles. The Bertz CT molecular complexity index is 764. The van der Waals surface area contributed by atoms with E-state index in [-0.39, 0.29) is 22.5 Å². The summed E-state index contributed by atoms with van der Waals surface area (Å²) in [4.78, 5) is -0.533. The number of halogens is 2. The molecule has 2 aromatic rings. The lowest BCUT2D eigenvalue weighted by atomic mass is 10.2. The molecule has 0 aliphatic heterocycles. The summed E-state index contributed by atoms with van der Waals surface area (Å²) in [6.45, 7) is -0.148. The largest absolute Gasteiger partial charge is 0.398 e. The molecule has 0 heterocycles. The van der Waals surface area contributed by atoms with Crippen LogP contribution >= 0.6 is 15.9 Å². The van der Waals surface area contributed by atoms with Crippen LogP contribution < -0.4 is 10.5 Å². The van der Waals surface area contributed by atoms with Crippen LogP contribution in [0.5, 0.6) is 0 Å². The molecule has 0 aromatic heterocycles. The standard InChI is InChI=1S/C13H12BrFN2O3S/c14-10-5-11(15)13(6-12(10)16)21(19,20)17-9-3-1-8(7-18)2-4-9/h1-6,17-18H,7,16H2. The van der Waals surface area contributed by atoms with Gasteiger partial charge in [-0.25, -0.2) is 12.8 Å². The molecule has 112 valence electrons. The Morgan fingerprint density at radius 1 is 1.24 bits per heavy atom. The van der Waals surface area contributed by atoms with Crippen molar-refractivity contribution in [2.75, 3.05) is 10.5 Å². The molecule has 0 saturated heterocycles. The first kappa shape index (κ1) is 15.7. The lowest BCUT2D eigenvalue weighted by Crippen LogP contribution is -2.15. The Morgan fingerprint density at radius 3 is 2.43 bits per heavy atom. The van der Waals surface area contributed by atoms with E-state index in [0.717, 1.165) is 12.1 Å². The number of hydrogen-bond acceptors (Lipinski definition) is 4. The fourth-order valence-corrected chi connectivity index (χ4v) is 3.11. The highest BCUT2D eigenvalue weighted by molar-refractivity contribution is 9.10. The van der Waals surface area contributed by atoms with Gasteiger partial charge >= 0.3 is 0 Å². The Labute approximate surface area is 129 Å². The zero-order chi connectivity index (χ0) is 15.6. The number of anilines is 2. The van der Waals surface area contributed by atoms with Crippen LogP contribution in [0.3, 0.4) is 0 Å². The molecule has 2 rings (SSSR count). The molecule has 0 atom stereocenters. The molecule has 0 amide bonds. The molecule has 8 heteroatoms. The summed E-state index contributed by atoms with van der Waals surface area (Å²) in [6.07, 6.45) is 0. The van der Waals surface area contributed by atoms with E-state index in [1.54, 1.807) is 12.1 Å². The predicted octanol–water partition coefficient (Wildman–Crippen LogP) is 2.46. The SMILES string of the molecule is Nc1cc(S(=O)(=O)Nc2ccc(CO)cc2)c(F)cc1Br. The summed E-state index contributed by atoms with van der Waals surface area (Å²) >= 11 is 3.03. The van der Waals surface area contributed by atoms with E-state index < -0.39 is 20.7 Å². The monoisotopic (exact) mass is 374 g/mol. The van der Waals surface area contributed by atoms with E-state index in [4.69, 9.17) is 10.8 Å². The third-order valence-electron chi connectivity index (χ3n) is 2.73. The number of nitrogens with one attached hydrogen (secondary N) is 1. The third-order valence-corrected chi connectivity index (χ3v) is 4.81. The maximum absolute atomic E-state index is 13.8. The molecule has 4 N–H and O–H groups in total. The summed E-state index contributed by atoms with van der Waals surface area (Å²) < 4.78 is 40.7. The number of hydrogen-bond donors (Lipinski definition) is 3. The topological polar surface area (TPSA) is 92.4 Å². The van der Waals surface area contributed by atoms with Crippen molar-refractivity contribution in [1.82, 2.24) is 0 Å². The molecule has 2 aromatic carbocycles. The predicted molar refractivity (Wildman–Crippen MR) is 81.7 cm³/mol. The Kier molecular flexibility index (Phi) is 4.50. The molecule has 0 radical (unpaired) electrons. The molecule has 0 bridgehead atoms. The van der Waals surface area contributed by atoms with Gasteiger partial charge in [0, 0.05) is 15.8 Å².